The number of rotatable bonds is 11. The van der Waals surface area contributed by atoms with Crippen molar-refractivity contribution in [3.05, 3.63) is 113 Å². The number of benzene rings is 3. The van der Waals surface area contributed by atoms with Crippen LogP contribution in [-0.4, -0.2) is 65.6 Å². The molecule has 6 aliphatic rings. The fraction of sp³-hybridized carbons (Fsp3) is 0.469. The molecule has 3 saturated carbocycles. The number of fused-ring (bicyclic) bond motifs is 2. The van der Waals surface area contributed by atoms with Crippen LogP contribution in [0.4, 0.5) is 13.2 Å². The number of hydrogen-bond donors (Lipinski definition) is 2. The van der Waals surface area contributed by atoms with Crippen LogP contribution >= 0.6 is 11.3 Å². The first-order valence-corrected chi connectivity index (χ1v) is 22.0. The van der Waals surface area contributed by atoms with Gasteiger partial charge in [0.25, 0.3) is 0 Å². The molecule has 61 heavy (non-hydrogen) atoms. The minimum absolute atomic E-state index is 0.00130. The number of thiophene rings is 1. The lowest BCUT2D eigenvalue weighted by atomic mass is 9.32. The molecule has 8 nitrogen and oxygen atoms in total. The summed E-state index contributed by atoms with van der Waals surface area (Å²) in [6.07, 6.45) is 5.96. The minimum atomic E-state index is -4.85. The first kappa shape index (κ1) is 41.7. The number of alkyl halides is 3. The molecule has 12 heteroatoms. The number of carbonyl (C=O) groups excluding carboxylic acids is 2. The molecule has 6 aliphatic carbocycles. The van der Waals surface area contributed by atoms with E-state index in [0.29, 0.717) is 59.6 Å². The smallest absolute Gasteiger partial charge is 0.493 e. The SMILES string of the molecule is COc1ccc(CC(=O)N(Cc2ccc(OC(F)(F)F)cc2)C[C@]2(O)CC[C@H]3[C@]45C=C[C@@]6(C=C4C(=O)c4cc7ccccc7s4)CC(O)CC[C@]6(C)[C@H]5CC[C@@]32C)cc1OC. The normalized spacial score (nSPS) is 32.4. The molecule has 2 bridgehead atoms. The number of halogens is 3. The van der Waals surface area contributed by atoms with Crippen molar-refractivity contribution in [1.29, 1.82) is 0 Å². The molecule has 0 aliphatic heterocycles. The van der Waals surface area contributed by atoms with Crippen molar-refractivity contribution in [3.63, 3.8) is 0 Å². The topological polar surface area (TPSA) is 106 Å². The fourth-order valence-corrected chi connectivity index (χ4v) is 13.7. The van der Waals surface area contributed by atoms with E-state index in [1.54, 1.807) is 23.1 Å². The number of ether oxygens (including phenoxy) is 3. The molecule has 1 amide bonds. The van der Waals surface area contributed by atoms with Crippen LogP contribution in [0.1, 0.15) is 79.6 Å². The summed E-state index contributed by atoms with van der Waals surface area (Å²) in [7, 11) is 3.05. The molecule has 10 rings (SSSR count). The van der Waals surface area contributed by atoms with Crippen LogP contribution in [0.25, 0.3) is 10.1 Å². The van der Waals surface area contributed by atoms with Crippen molar-refractivity contribution in [1.82, 2.24) is 4.90 Å². The quantitative estimate of drug-likeness (QED) is 0.114. The average Bonchev–Trinajstić information content (AvgIpc) is 3.78. The van der Waals surface area contributed by atoms with E-state index in [1.165, 1.54) is 49.8 Å². The summed E-state index contributed by atoms with van der Waals surface area (Å²) in [5, 5.41) is 25.4. The van der Waals surface area contributed by atoms with Gasteiger partial charge in [0, 0.05) is 33.1 Å². The first-order valence-electron chi connectivity index (χ1n) is 21.2. The van der Waals surface area contributed by atoms with Crippen LogP contribution in [0.2, 0.25) is 0 Å². The lowest BCUT2D eigenvalue weighted by Gasteiger charge is -2.71. The maximum absolute atomic E-state index is 15.2. The van der Waals surface area contributed by atoms with E-state index in [9.17, 15) is 28.2 Å². The Morgan fingerprint density at radius 1 is 0.852 bits per heavy atom. The number of aliphatic hydroxyl groups is 2. The number of methoxy groups -OCH3 is 2. The van der Waals surface area contributed by atoms with E-state index in [0.717, 1.165) is 28.5 Å². The Labute approximate surface area is 358 Å². The fourth-order valence-electron chi connectivity index (χ4n) is 12.7. The Morgan fingerprint density at radius 2 is 1.54 bits per heavy atom. The van der Waals surface area contributed by atoms with Crippen molar-refractivity contribution < 1.29 is 47.2 Å². The van der Waals surface area contributed by atoms with Crippen LogP contribution in [0, 0.1) is 33.5 Å². The molecule has 1 heterocycles. The molecule has 3 fully saturated rings. The molecule has 0 saturated heterocycles. The summed E-state index contributed by atoms with van der Waals surface area (Å²) in [5.41, 5.74) is -1.48. The van der Waals surface area contributed by atoms with Gasteiger partial charge in [-0.15, -0.1) is 24.5 Å². The third-order valence-corrected chi connectivity index (χ3v) is 16.9. The Bertz CT molecular complexity index is 2410. The standard InChI is InChI=1S/C49H52F3NO7S/c1-44-18-15-33(54)26-46(44)21-22-48(35(27-46)43(56)39-25-32-7-5-6-8-38(32)61-39)40(44)16-19-45(2)41(48)17-20-47(45,57)29-53(28-30-9-12-34(13-10-30)60-49(50,51)52)42(55)24-31-11-14-36(58-3)37(23-31)59-4/h5-14,21-23,25,27,33,40-41,54,57H,15-20,24,26,28-29H2,1-4H3/t33?,40-,41-,44-,45+,46+,47-,48-/m1/s1. The van der Waals surface area contributed by atoms with Gasteiger partial charge in [-0.1, -0.05) is 68.5 Å². The average molecular weight is 856 g/mol. The molecule has 1 unspecified atom stereocenters. The zero-order chi connectivity index (χ0) is 43.2. The summed E-state index contributed by atoms with van der Waals surface area (Å²) in [6.45, 7) is 4.50. The van der Waals surface area contributed by atoms with Gasteiger partial charge in [-0.2, -0.15) is 0 Å². The molecule has 3 aromatic carbocycles. The number of aliphatic hydroxyl groups excluding tert-OH is 1. The van der Waals surface area contributed by atoms with Gasteiger partial charge >= 0.3 is 6.36 Å². The Morgan fingerprint density at radius 3 is 2.26 bits per heavy atom. The molecule has 2 spiro atoms. The van der Waals surface area contributed by atoms with E-state index >= 15 is 4.79 Å². The van der Waals surface area contributed by atoms with E-state index in [-0.39, 0.29) is 54.2 Å². The highest BCUT2D eigenvalue weighted by molar-refractivity contribution is 7.21. The van der Waals surface area contributed by atoms with Crippen LogP contribution < -0.4 is 14.2 Å². The second kappa shape index (κ2) is 14.7. The first-order chi connectivity index (χ1) is 29.0. The van der Waals surface area contributed by atoms with Gasteiger partial charge in [0.1, 0.15) is 5.75 Å². The largest absolute Gasteiger partial charge is 0.573 e. The summed E-state index contributed by atoms with van der Waals surface area (Å²) >= 11 is 1.50. The zero-order valence-electron chi connectivity index (χ0n) is 34.9. The van der Waals surface area contributed by atoms with E-state index in [4.69, 9.17) is 9.47 Å². The molecular weight excluding hydrogens is 804 g/mol. The number of allylic oxidation sites excluding steroid dienone is 4. The van der Waals surface area contributed by atoms with Crippen molar-refractivity contribution in [2.24, 2.45) is 33.5 Å². The molecule has 4 aromatic rings. The van der Waals surface area contributed by atoms with Gasteiger partial charge in [-0.3, -0.25) is 9.59 Å². The maximum Gasteiger partial charge on any atom is 0.573 e. The van der Waals surface area contributed by atoms with E-state index < -0.39 is 34.3 Å². The predicted molar refractivity (Wildman–Crippen MR) is 227 cm³/mol. The molecule has 322 valence electrons. The van der Waals surface area contributed by atoms with Gasteiger partial charge in [-0.05, 0) is 115 Å². The number of carbonyl (C=O) groups is 2. The van der Waals surface area contributed by atoms with Gasteiger partial charge in [-0.25, -0.2) is 0 Å². The molecule has 2 N–H and O–H groups in total. The predicted octanol–water partition coefficient (Wildman–Crippen LogP) is 9.86. The van der Waals surface area contributed by atoms with Gasteiger partial charge in [0.2, 0.25) is 5.91 Å². The van der Waals surface area contributed by atoms with Crippen molar-refractivity contribution >= 4 is 33.1 Å². The van der Waals surface area contributed by atoms with Gasteiger partial charge < -0.3 is 29.3 Å². The Hall–Kier alpha value is -4.65. The Balaban J connectivity index is 1.09. The van der Waals surface area contributed by atoms with Gasteiger partial charge in [0.05, 0.1) is 43.8 Å². The lowest BCUT2D eigenvalue weighted by molar-refractivity contribution is -0.274. The van der Waals surface area contributed by atoms with Crippen molar-refractivity contribution in [2.75, 3.05) is 20.8 Å². The van der Waals surface area contributed by atoms with Crippen LogP contribution in [-0.2, 0) is 17.8 Å². The van der Waals surface area contributed by atoms with Crippen molar-refractivity contribution in [2.45, 2.75) is 89.8 Å². The number of ketones is 1. The molecule has 1 aromatic heterocycles. The highest BCUT2D eigenvalue weighted by Gasteiger charge is 2.74. The third kappa shape index (κ3) is 6.61. The molecule has 0 radical (unpaired) electrons. The van der Waals surface area contributed by atoms with Crippen molar-refractivity contribution in [3.8, 4) is 17.2 Å². The monoisotopic (exact) mass is 855 g/mol. The second-order valence-corrected chi connectivity index (χ2v) is 19.7. The molecular formula is C49H52F3NO7S. The summed E-state index contributed by atoms with van der Waals surface area (Å²) in [6, 6.07) is 20.7. The van der Waals surface area contributed by atoms with E-state index in [1.807, 2.05) is 30.3 Å². The third-order valence-electron chi connectivity index (χ3n) is 15.7. The Kier molecular flexibility index (Phi) is 10.1. The van der Waals surface area contributed by atoms with Crippen LogP contribution in [0.3, 0.4) is 0 Å². The molecule has 8 atom stereocenters. The van der Waals surface area contributed by atoms with Crippen LogP contribution in [0.5, 0.6) is 17.2 Å². The van der Waals surface area contributed by atoms with Gasteiger partial charge in [0.15, 0.2) is 17.3 Å². The summed E-state index contributed by atoms with van der Waals surface area (Å²) in [5.74, 6) is 0.287. The maximum atomic E-state index is 15.2. The highest BCUT2D eigenvalue weighted by atomic mass is 32.1. The summed E-state index contributed by atoms with van der Waals surface area (Å²) < 4.78 is 55.2. The van der Waals surface area contributed by atoms with E-state index in [2.05, 4.69) is 36.8 Å². The zero-order valence-corrected chi connectivity index (χ0v) is 35.7. The lowest BCUT2D eigenvalue weighted by Crippen LogP contribution is -2.67. The summed E-state index contributed by atoms with van der Waals surface area (Å²) in [4.78, 5) is 32.0. The highest BCUT2D eigenvalue weighted by Crippen LogP contribution is 2.78. The number of amides is 1. The minimum Gasteiger partial charge on any atom is -0.493 e. The number of Topliss-reactive ketones (excluding diaryl/α,β-unsaturated/α-hetero) is 1. The number of hydrogen-bond acceptors (Lipinski definition) is 8. The second-order valence-electron chi connectivity index (χ2n) is 18.6. The van der Waals surface area contributed by atoms with Crippen LogP contribution in [0.15, 0.2) is 96.6 Å². The number of nitrogens with zero attached hydrogens (tertiary/aromatic N) is 1.